The molecule has 0 aromatic heterocycles. The number of hydrogen-bond donors (Lipinski definition) is 1. The van der Waals surface area contributed by atoms with Crippen LogP contribution in [-0.4, -0.2) is 35.3 Å². The van der Waals surface area contributed by atoms with Gasteiger partial charge >= 0.3 is 0 Å². The van der Waals surface area contributed by atoms with Gasteiger partial charge in [0.1, 0.15) is 0 Å². The molecule has 0 aromatic rings. The number of nitrogens with one attached hydrogen (secondary N) is 1. The molecule has 2 aliphatic carbocycles. The summed E-state index contributed by atoms with van der Waals surface area (Å²) < 4.78 is 0. The van der Waals surface area contributed by atoms with Crippen molar-refractivity contribution in [3.05, 3.63) is 0 Å². The second kappa shape index (κ2) is 6.59. The summed E-state index contributed by atoms with van der Waals surface area (Å²) in [6, 6.07) is 0.707. The average molecular weight is 306 g/mol. The summed E-state index contributed by atoms with van der Waals surface area (Å²) >= 11 is 0. The molecule has 2 saturated carbocycles. The highest BCUT2D eigenvalue weighted by molar-refractivity contribution is 5.89. The predicted molar refractivity (Wildman–Crippen MR) is 86.2 cm³/mol. The van der Waals surface area contributed by atoms with Crippen molar-refractivity contribution in [2.24, 2.45) is 17.8 Å². The Bertz CT molecular complexity index is 431. The van der Waals surface area contributed by atoms with E-state index in [1.54, 1.807) is 0 Å². The van der Waals surface area contributed by atoms with Crippen molar-refractivity contribution >= 4 is 11.8 Å². The number of nitrogens with zero attached hydrogens (tertiary/aromatic N) is 1. The molecule has 4 unspecified atom stereocenters. The molecule has 1 heterocycles. The predicted octanol–water partition coefficient (Wildman–Crippen LogP) is 2.72. The van der Waals surface area contributed by atoms with Crippen molar-refractivity contribution in [1.82, 2.24) is 10.2 Å². The zero-order valence-electron chi connectivity index (χ0n) is 14.0. The van der Waals surface area contributed by atoms with Crippen LogP contribution in [0.3, 0.4) is 0 Å². The molecule has 1 aliphatic heterocycles. The number of rotatable bonds is 3. The van der Waals surface area contributed by atoms with Crippen molar-refractivity contribution in [2.75, 3.05) is 6.54 Å². The lowest BCUT2D eigenvalue weighted by Crippen LogP contribution is -2.45. The van der Waals surface area contributed by atoms with Crippen molar-refractivity contribution in [1.29, 1.82) is 0 Å². The van der Waals surface area contributed by atoms with Gasteiger partial charge in [0.25, 0.3) is 0 Å². The molecule has 0 spiro atoms. The van der Waals surface area contributed by atoms with E-state index >= 15 is 0 Å². The Kier molecular flexibility index (Phi) is 4.74. The molecule has 0 bridgehead atoms. The summed E-state index contributed by atoms with van der Waals surface area (Å²) in [4.78, 5) is 26.8. The molecule has 0 radical (unpaired) electrons. The fraction of sp³-hybridized carbons (Fsp3) is 0.889. The van der Waals surface area contributed by atoms with E-state index in [1.807, 2.05) is 4.90 Å². The van der Waals surface area contributed by atoms with Crippen LogP contribution < -0.4 is 5.32 Å². The minimum atomic E-state index is -0.125. The fourth-order valence-corrected chi connectivity index (χ4v) is 4.66. The highest BCUT2D eigenvalue weighted by Crippen LogP contribution is 2.31. The van der Waals surface area contributed by atoms with Gasteiger partial charge in [-0.15, -0.1) is 0 Å². The van der Waals surface area contributed by atoms with E-state index in [-0.39, 0.29) is 17.7 Å². The quantitative estimate of drug-likeness (QED) is 0.871. The third kappa shape index (κ3) is 3.31. The molecule has 3 aliphatic rings. The van der Waals surface area contributed by atoms with Gasteiger partial charge < -0.3 is 10.2 Å². The highest BCUT2D eigenvalue weighted by atomic mass is 16.2. The standard InChI is InChI=1S/C18H30N2O2/c1-12-7-8-16(13(2)9-12)19-18(22)14-10-17(21)20(11-14)15-5-3-4-6-15/h12-16H,3-11H2,1-2H3,(H,19,22). The third-order valence-electron chi connectivity index (χ3n) is 6.05. The van der Waals surface area contributed by atoms with E-state index in [4.69, 9.17) is 0 Å². The first-order valence-corrected chi connectivity index (χ1v) is 9.14. The van der Waals surface area contributed by atoms with E-state index < -0.39 is 0 Å². The fourth-order valence-electron chi connectivity index (χ4n) is 4.66. The third-order valence-corrected chi connectivity index (χ3v) is 6.05. The average Bonchev–Trinajstić information content (AvgIpc) is 3.10. The van der Waals surface area contributed by atoms with Crippen LogP contribution in [0.15, 0.2) is 0 Å². The Morgan fingerprint density at radius 1 is 1.14 bits per heavy atom. The van der Waals surface area contributed by atoms with Crippen molar-refractivity contribution < 1.29 is 9.59 Å². The molecule has 3 rings (SSSR count). The topological polar surface area (TPSA) is 49.4 Å². The number of likely N-dealkylation sites (tertiary alicyclic amines) is 1. The molecule has 4 atom stereocenters. The van der Waals surface area contributed by atoms with E-state index in [0.29, 0.717) is 31.0 Å². The molecule has 1 saturated heterocycles. The molecule has 4 heteroatoms. The maximum atomic E-state index is 12.6. The van der Waals surface area contributed by atoms with Crippen LogP contribution in [0.2, 0.25) is 0 Å². The first kappa shape index (κ1) is 15.8. The smallest absolute Gasteiger partial charge is 0.225 e. The summed E-state index contributed by atoms with van der Waals surface area (Å²) in [5.74, 6) is 1.50. The van der Waals surface area contributed by atoms with Crippen LogP contribution in [0.1, 0.15) is 65.2 Å². The largest absolute Gasteiger partial charge is 0.353 e. The second-order valence-corrected chi connectivity index (χ2v) is 7.90. The summed E-state index contributed by atoms with van der Waals surface area (Å²) in [6.45, 7) is 5.18. The van der Waals surface area contributed by atoms with E-state index in [9.17, 15) is 9.59 Å². The molecular weight excluding hydrogens is 276 g/mol. The van der Waals surface area contributed by atoms with Gasteiger partial charge in [-0.2, -0.15) is 0 Å². The Hall–Kier alpha value is -1.06. The van der Waals surface area contributed by atoms with Gasteiger partial charge in [0.2, 0.25) is 11.8 Å². The van der Waals surface area contributed by atoms with Crippen LogP contribution >= 0.6 is 0 Å². The summed E-state index contributed by atoms with van der Waals surface area (Å²) in [5.41, 5.74) is 0. The SMILES string of the molecule is CC1CCC(NC(=O)C2CC(=O)N(C3CCCC3)C2)C(C)C1. The minimum absolute atomic E-state index is 0.111. The Morgan fingerprint density at radius 2 is 1.86 bits per heavy atom. The second-order valence-electron chi connectivity index (χ2n) is 7.90. The molecule has 4 nitrogen and oxygen atoms in total. The van der Waals surface area contributed by atoms with Gasteiger partial charge in [-0.3, -0.25) is 9.59 Å². The van der Waals surface area contributed by atoms with Crippen molar-refractivity contribution in [3.63, 3.8) is 0 Å². The van der Waals surface area contributed by atoms with E-state index in [0.717, 1.165) is 25.2 Å². The molecule has 124 valence electrons. The molecule has 3 fully saturated rings. The first-order chi connectivity index (χ1) is 10.5. The maximum absolute atomic E-state index is 12.6. The van der Waals surface area contributed by atoms with Gasteiger partial charge in [0.15, 0.2) is 0 Å². The highest BCUT2D eigenvalue weighted by Gasteiger charge is 2.39. The number of carbonyl (C=O) groups is 2. The van der Waals surface area contributed by atoms with Gasteiger partial charge in [-0.05, 0) is 43.9 Å². The summed E-state index contributed by atoms with van der Waals surface area (Å²) in [6.07, 6.45) is 8.60. The van der Waals surface area contributed by atoms with Crippen LogP contribution in [0, 0.1) is 17.8 Å². The molecule has 22 heavy (non-hydrogen) atoms. The molecule has 2 amide bonds. The normalized spacial score (nSPS) is 36.8. The van der Waals surface area contributed by atoms with Crippen LogP contribution in [0.5, 0.6) is 0 Å². The van der Waals surface area contributed by atoms with Crippen LogP contribution in [0.4, 0.5) is 0 Å². The van der Waals surface area contributed by atoms with Crippen LogP contribution in [0.25, 0.3) is 0 Å². The lowest BCUT2D eigenvalue weighted by Gasteiger charge is -2.33. The van der Waals surface area contributed by atoms with Gasteiger partial charge in [-0.25, -0.2) is 0 Å². The Balaban J connectivity index is 1.53. The van der Waals surface area contributed by atoms with Gasteiger partial charge in [0.05, 0.1) is 5.92 Å². The summed E-state index contributed by atoms with van der Waals surface area (Å²) in [5, 5.41) is 3.24. The lowest BCUT2D eigenvalue weighted by atomic mass is 9.79. The van der Waals surface area contributed by atoms with Crippen LogP contribution in [-0.2, 0) is 9.59 Å². The van der Waals surface area contributed by atoms with Gasteiger partial charge in [-0.1, -0.05) is 26.7 Å². The Morgan fingerprint density at radius 3 is 2.55 bits per heavy atom. The number of hydrogen-bond acceptors (Lipinski definition) is 2. The van der Waals surface area contributed by atoms with Crippen molar-refractivity contribution in [2.45, 2.75) is 77.3 Å². The number of carbonyl (C=O) groups excluding carboxylic acids is 2. The Labute approximate surface area is 134 Å². The summed E-state index contributed by atoms with van der Waals surface area (Å²) in [7, 11) is 0. The maximum Gasteiger partial charge on any atom is 0.225 e. The lowest BCUT2D eigenvalue weighted by molar-refractivity contribution is -0.130. The van der Waals surface area contributed by atoms with Crippen molar-refractivity contribution in [3.8, 4) is 0 Å². The van der Waals surface area contributed by atoms with E-state index in [1.165, 1.54) is 25.7 Å². The zero-order valence-corrected chi connectivity index (χ0v) is 14.0. The zero-order chi connectivity index (χ0) is 15.7. The monoisotopic (exact) mass is 306 g/mol. The first-order valence-electron chi connectivity index (χ1n) is 9.14. The molecule has 0 aromatic carbocycles. The minimum Gasteiger partial charge on any atom is -0.353 e. The van der Waals surface area contributed by atoms with Gasteiger partial charge in [0, 0.05) is 25.0 Å². The molecular formula is C18H30N2O2. The number of amides is 2. The van der Waals surface area contributed by atoms with E-state index in [2.05, 4.69) is 19.2 Å². The molecule has 1 N–H and O–H groups in total.